The Morgan fingerprint density at radius 2 is 1.95 bits per heavy atom. The number of nitrogens with one attached hydrogen (secondary N) is 2. The van der Waals surface area contributed by atoms with Gasteiger partial charge in [-0.25, -0.2) is 4.39 Å². The normalized spacial score (nSPS) is 10.2. The van der Waals surface area contributed by atoms with Gasteiger partial charge in [-0.15, -0.1) is 0 Å². The highest BCUT2D eigenvalue weighted by Gasteiger charge is 2.06. The lowest BCUT2D eigenvalue weighted by Crippen LogP contribution is -2.16. The SMILES string of the molecule is Cc1ccc(NC(=O)CCNc2ccccc2F)c(Br)c1. The van der Waals surface area contributed by atoms with Crippen LogP contribution < -0.4 is 10.6 Å². The number of rotatable bonds is 5. The van der Waals surface area contributed by atoms with E-state index in [1.807, 2.05) is 25.1 Å². The molecule has 2 N–H and O–H groups in total. The average Bonchev–Trinajstić information content (AvgIpc) is 2.44. The van der Waals surface area contributed by atoms with Crippen LogP contribution in [0.2, 0.25) is 0 Å². The molecule has 2 aromatic rings. The molecule has 0 saturated heterocycles. The minimum absolute atomic E-state index is 0.122. The van der Waals surface area contributed by atoms with E-state index >= 15 is 0 Å². The Balaban J connectivity index is 1.84. The minimum atomic E-state index is -0.320. The summed E-state index contributed by atoms with van der Waals surface area (Å²) in [7, 11) is 0. The van der Waals surface area contributed by atoms with Gasteiger partial charge in [0.2, 0.25) is 5.91 Å². The summed E-state index contributed by atoms with van der Waals surface area (Å²) in [6.07, 6.45) is 0.259. The van der Waals surface area contributed by atoms with Crippen molar-refractivity contribution < 1.29 is 9.18 Å². The summed E-state index contributed by atoms with van der Waals surface area (Å²) in [6.45, 7) is 2.35. The molecule has 0 spiro atoms. The van der Waals surface area contributed by atoms with Crippen LogP contribution in [0.5, 0.6) is 0 Å². The first kappa shape index (κ1) is 15.5. The molecule has 21 heavy (non-hydrogen) atoms. The number of anilines is 2. The highest BCUT2D eigenvalue weighted by molar-refractivity contribution is 9.10. The Hall–Kier alpha value is -1.88. The van der Waals surface area contributed by atoms with Gasteiger partial charge in [-0.3, -0.25) is 4.79 Å². The van der Waals surface area contributed by atoms with Gasteiger partial charge in [-0.1, -0.05) is 18.2 Å². The number of hydrogen-bond acceptors (Lipinski definition) is 2. The van der Waals surface area contributed by atoms with E-state index in [1.54, 1.807) is 18.2 Å². The molecule has 2 rings (SSSR count). The zero-order chi connectivity index (χ0) is 15.2. The van der Waals surface area contributed by atoms with E-state index in [-0.39, 0.29) is 18.1 Å². The van der Waals surface area contributed by atoms with E-state index in [1.165, 1.54) is 6.07 Å². The first-order valence-electron chi connectivity index (χ1n) is 6.60. The maximum atomic E-state index is 13.4. The fourth-order valence-corrected chi connectivity index (χ4v) is 2.44. The van der Waals surface area contributed by atoms with E-state index in [0.717, 1.165) is 15.7 Å². The second-order valence-corrected chi connectivity index (χ2v) is 5.54. The number of benzene rings is 2. The van der Waals surface area contributed by atoms with Gasteiger partial charge >= 0.3 is 0 Å². The molecule has 1 amide bonds. The van der Waals surface area contributed by atoms with Crippen molar-refractivity contribution in [2.75, 3.05) is 17.2 Å². The predicted molar refractivity (Wildman–Crippen MR) is 87.0 cm³/mol. The number of halogens is 2. The van der Waals surface area contributed by atoms with Gasteiger partial charge in [-0.05, 0) is 52.7 Å². The molecule has 0 unspecified atom stereocenters. The van der Waals surface area contributed by atoms with Crippen LogP contribution in [0.3, 0.4) is 0 Å². The lowest BCUT2D eigenvalue weighted by atomic mass is 10.2. The zero-order valence-electron chi connectivity index (χ0n) is 11.6. The molecule has 0 aromatic heterocycles. The van der Waals surface area contributed by atoms with Crippen molar-refractivity contribution in [3.05, 3.63) is 58.3 Å². The lowest BCUT2D eigenvalue weighted by molar-refractivity contribution is -0.115. The van der Waals surface area contributed by atoms with Gasteiger partial charge in [0.25, 0.3) is 0 Å². The van der Waals surface area contributed by atoms with Gasteiger partial charge in [0, 0.05) is 17.4 Å². The molecule has 5 heteroatoms. The van der Waals surface area contributed by atoms with Gasteiger partial charge in [-0.2, -0.15) is 0 Å². The smallest absolute Gasteiger partial charge is 0.226 e. The first-order chi connectivity index (χ1) is 10.1. The Bertz CT molecular complexity index is 646. The number of para-hydroxylation sites is 1. The molecule has 0 heterocycles. The Labute approximate surface area is 131 Å². The van der Waals surface area contributed by atoms with Gasteiger partial charge in [0.1, 0.15) is 5.82 Å². The van der Waals surface area contributed by atoms with Crippen LogP contribution in [-0.4, -0.2) is 12.5 Å². The molecule has 0 radical (unpaired) electrons. The quantitative estimate of drug-likeness (QED) is 0.842. The van der Waals surface area contributed by atoms with Crippen molar-refractivity contribution in [1.82, 2.24) is 0 Å². The topological polar surface area (TPSA) is 41.1 Å². The van der Waals surface area contributed by atoms with Crippen LogP contribution in [0, 0.1) is 12.7 Å². The predicted octanol–water partition coefficient (Wildman–Crippen LogP) is 4.34. The molecule has 0 fully saturated rings. The third-order valence-electron chi connectivity index (χ3n) is 2.94. The molecule has 3 nitrogen and oxygen atoms in total. The summed E-state index contributed by atoms with van der Waals surface area (Å²) < 4.78 is 14.2. The van der Waals surface area contributed by atoms with Crippen molar-refractivity contribution in [1.29, 1.82) is 0 Å². The number of amides is 1. The van der Waals surface area contributed by atoms with Crippen molar-refractivity contribution in [3.63, 3.8) is 0 Å². The lowest BCUT2D eigenvalue weighted by Gasteiger charge is -2.09. The Kier molecular flexibility index (Phi) is 5.33. The molecule has 0 atom stereocenters. The van der Waals surface area contributed by atoms with Crippen LogP contribution in [-0.2, 0) is 4.79 Å². The van der Waals surface area contributed by atoms with Crippen molar-refractivity contribution in [3.8, 4) is 0 Å². The van der Waals surface area contributed by atoms with Crippen LogP contribution in [0.1, 0.15) is 12.0 Å². The second kappa shape index (κ2) is 7.22. The summed E-state index contributed by atoms with van der Waals surface area (Å²) in [5.41, 5.74) is 2.25. The summed E-state index contributed by atoms with van der Waals surface area (Å²) in [4.78, 5) is 11.9. The van der Waals surface area contributed by atoms with Gasteiger partial charge < -0.3 is 10.6 Å². The Morgan fingerprint density at radius 1 is 1.19 bits per heavy atom. The summed E-state index contributed by atoms with van der Waals surface area (Å²) in [6, 6.07) is 12.1. The highest BCUT2D eigenvalue weighted by atomic mass is 79.9. The third kappa shape index (κ3) is 4.56. The monoisotopic (exact) mass is 350 g/mol. The molecular weight excluding hydrogens is 335 g/mol. The van der Waals surface area contributed by atoms with E-state index in [2.05, 4.69) is 26.6 Å². The zero-order valence-corrected chi connectivity index (χ0v) is 13.2. The molecule has 0 aliphatic heterocycles. The van der Waals surface area contributed by atoms with E-state index in [0.29, 0.717) is 12.2 Å². The minimum Gasteiger partial charge on any atom is -0.382 e. The molecule has 2 aromatic carbocycles. The Morgan fingerprint density at radius 3 is 2.67 bits per heavy atom. The van der Waals surface area contributed by atoms with E-state index in [4.69, 9.17) is 0 Å². The average molecular weight is 351 g/mol. The molecule has 0 bridgehead atoms. The molecular formula is C16H16BrFN2O. The number of hydrogen-bond donors (Lipinski definition) is 2. The molecule has 0 aliphatic carbocycles. The molecule has 0 aliphatic rings. The van der Waals surface area contributed by atoms with Crippen LogP contribution in [0.25, 0.3) is 0 Å². The summed E-state index contributed by atoms with van der Waals surface area (Å²) in [5, 5.41) is 5.72. The van der Waals surface area contributed by atoms with Gasteiger partial charge in [0.05, 0.1) is 11.4 Å². The number of carbonyl (C=O) groups excluding carboxylic acids is 1. The van der Waals surface area contributed by atoms with Crippen LogP contribution in [0.4, 0.5) is 15.8 Å². The van der Waals surface area contributed by atoms with Gasteiger partial charge in [0.15, 0.2) is 0 Å². The second-order valence-electron chi connectivity index (χ2n) is 4.69. The third-order valence-corrected chi connectivity index (χ3v) is 3.60. The summed E-state index contributed by atoms with van der Waals surface area (Å²) in [5.74, 6) is -0.442. The van der Waals surface area contributed by atoms with Crippen molar-refractivity contribution in [2.45, 2.75) is 13.3 Å². The maximum absolute atomic E-state index is 13.4. The maximum Gasteiger partial charge on any atom is 0.226 e. The number of aryl methyl sites for hydroxylation is 1. The van der Waals surface area contributed by atoms with E-state index < -0.39 is 0 Å². The standard InChI is InChI=1S/C16H16BrFN2O/c1-11-6-7-14(12(17)10-11)20-16(21)8-9-19-15-5-3-2-4-13(15)18/h2-7,10,19H,8-9H2,1H3,(H,20,21). The van der Waals surface area contributed by atoms with Crippen molar-refractivity contribution >= 4 is 33.2 Å². The van der Waals surface area contributed by atoms with Crippen LogP contribution >= 0.6 is 15.9 Å². The van der Waals surface area contributed by atoms with Crippen LogP contribution in [0.15, 0.2) is 46.9 Å². The highest BCUT2D eigenvalue weighted by Crippen LogP contribution is 2.23. The first-order valence-corrected chi connectivity index (χ1v) is 7.40. The fraction of sp³-hybridized carbons (Fsp3) is 0.188. The molecule has 0 saturated carbocycles. The molecule has 110 valence electrons. The summed E-state index contributed by atoms with van der Waals surface area (Å²) >= 11 is 3.41. The van der Waals surface area contributed by atoms with Crippen molar-refractivity contribution in [2.24, 2.45) is 0 Å². The number of carbonyl (C=O) groups is 1. The largest absolute Gasteiger partial charge is 0.382 e. The van der Waals surface area contributed by atoms with E-state index in [9.17, 15) is 9.18 Å². The fourth-order valence-electron chi connectivity index (χ4n) is 1.85.